The molecule has 0 unspecified atom stereocenters. The maximum Gasteiger partial charge on any atom is 0.227 e. The first kappa shape index (κ1) is 13.3. The molecule has 0 spiro atoms. The van der Waals surface area contributed by atoms with Crippen molar-refractivity contribution in [2.75, 3.05) is 43.1 Å². The third-order valence-corrected chi connectivity index (χ3v) is 4.50. The molecule has 0 aromatic carbocycles. The average Bonchev–Trinajstić information content (AvgIpc) is 3.13. The van der Waals surface area contributed by atoms with E-state index in [2.05, 4.69) is 16.4 Å². The van der Waals surface area contributed by atoms with Crippen LogP contribution in [-0.4, -0.2) is 54.0 Å². The minimum Gasteiger partial charge on any atom is -0.389 e. The summed E-state index contributed by atoms with van der Waals surface area (Å²) in [7, 11) is 0. The van der Waals surface area contributed by atoms with Crippen LogP contribution in [0.15, 0.2) is 6.07 Å². The molecule has 6 nitrogen and oxygen atoms in total. The lowest BCUT2D eigenvalue weighted by atomic mass is 10.0. The summed E-state index contributed by atoms with van der Waals surface area (Å²) in [6, 6.07) is 2.07. The fourth-order valence-corrected chi connectivity index (χ4v) is 2.85. The summed E-state index contributed by atoms with van der Waals surface area (Å²) in [6.45, 7) is 3.83. The molecule has 1 saturated carbocycles. The number of ether oxygens (including phenoxy) is 1. The van der Waals surface area contributed by atoms with Gasteiger partial charge in [-0.05, 0) is 25.2 Å². The molecule has 114 valence electrons. The van der Waals surface area contributed by atoms with Crippen LogP contribution in [0.4, 0.5) is 11.8 Å². The molecular formula is C15H22N4O2. The number of aliphatic hydroxyl groups is 1. The fourth-order valence-electron chi connectivity index (χ4n) is 2.85. The number of nitrogens with zero attached hydrogens (tertiary/aromatic N) is 3. The molecule has 0 bridgehead atoms. The topological polar surface area (TPSA) is 70.5 Å². The number of β-amino-alcohol motifs (C(OH)–C–C–N with tert-alkyl or cyclic N) is 1. The van der Waals surface area contributed by atoms with Gasteiger partial charge in [-0.3, -0.25) is 0 Å². The first-order valence-electron chi connectivity index (χ1n) is 7.91. The fraction of sp³-hybridized carbons (Fsp3) is 0.733. The van der Waals surface area contributed by atoms with Crippen molar-refractivity contribution in [2.45, 2.75) is 31.3 Å². The van der Waals surface area contributed by atoms with Crippen LogP contribution < -0.4 is 10.2 Å². The molecule has 1 aromatic heterocycles. The van der Waals surface area contributed by atoms with Crippen LogP contribution in [0.2, 0.25) is 0 Å². The van der Waals surface area contributed by atoms with Gasteiger partial charge in [0.25, 0.3) is 0 Å². The second-order valence-corrected chi connectivity index (χ2v) is 6.42. The number of nitrogens with one attached hydrogen (secondary N) is 1. The largest absolute Gasteiger partial charge is 0.389 e. The van der Waals surface area contributed by atoms with Gasteiger partial charge in [-0.25, -0.2) is 4.98 Å². The van der Waals surface area contributed by atoms with Crippen LogP contribution in [0.25, 0.3) is 0 Å². The van der Waals surface area contributed by atoms with Gasteiger partial charge in [0.1, 0.15) is 5.82 Å². The minimum atomic E-state index is -0.241. The van der Waals surface area contributed by atoms with E-state index in [1.54, 1.807) is 0 Å². The number of aromatic nitrogens is 2. The van der Waals surface area contributed by atoms with E-state index in [1.807, 2.05) is 4.90 Å². The van der Waals surface area contributed by atoms with Gasteiger partial charge in [-0.1, -0.05) is 0 Å². The monoisotopic (exact) mass is 290 g/mol. The highest BCUT2D eigenvalue weighted by Crippen LogP contribution is 2.31. The van der Waals surface area contributed by atoms with E-state index in [0.29, 0.717) is 19.0 Å². The van der Waals surface area contributed by atoms with Gasteiger partial charge in [-0.2, -0.15) is 4.98 Å². The predicted molar refractivity (Wildman–Crippen MR) is 79.6 cm³/mol. The Balaban J connectivity index is 1.55. The van der Waals surface area contributed by atoms with Crippen LogP contribution in [-0.2, 0) is 4.74 Å². The Morgan fingerprint density at radius 2 is 2.14 bits per heavy atom. The van der Waals surface area contributed by atoms with E-state index in [-0.39, 0.29) is 6.10 Å². The van der Waals surface area contributed by atoms with Gasteiger partial charge >= 0.3 is 0 Å². The molecule has 2 aliphatic heterocycles. The first-order chi connectivity index (χ1) is 10.3. The molecule has 3 aliphatic rings. The molecule has 2 saturated heterocycles. The molecule has 0 amide bonds. The van der Waals surface area contributed by atoms with E-state index in [0.717, 1.165) is 49.6 Å². The summed E-state index contributed by atoms with van der Waals surface area (Å²) in [4.78, 5) is 11.3. The van der Waals surface area contributed by atoms with Crippen LogP contribution in [0, 0.1) is 5.92 Å². The summed E-state index contributed by atoms with van der Waals surface area (Å²) < 4.78 is 5.48. The quantitative estimate of drug-likeness (QED) is 0.842. The number of anilines is 2. The summed E-state index contributed by atoms with van der Waals surface area (Å²) in [5.74, 6) is 2.84. The molecule has 6 heteroatoms. The molecule has 1 aliphatic carbocycles. The Morgan fingerprint density at radius 1 is 1.29 bits per heavy atom. The van der Waals surface area contributed by atoms with E-state index in [9.17, 15) is 5.11 Å². The Labute approximate surface area is 124 Å². The summed E-state index contributed by atoms with van der Waals surface area (Å²) >= 11 is 0. The van der Waals surface area contributed by atoms with Crippen molar-refractivity contribution < 1.29 is 9.84 Å². The standard InChI is InChI=1S/C15H22N4O2/c20-12-7-19(8-12)15-17-13(11-3-4-21-9-11)5-14(18-15)16-6-10-1-2-10/h5,10-12,20H,1-4,6-9H2,(H,16,17,18)/t11-/m1/s1. The number of hydrogen-bond acceptors (Lipinski definition) is 6. The van der Waals surface area contributed by atoms with Crippen LogP contribution >= 0.6 is 0 Å². The van der Waals surface area contributed by atoms with Crippen molar-refractivity contribution >= 4 is 11.8 Å². The molecule has 0 radical (unpaired) electrons. The summed E-state index contributed by atoms with van der Waals surface area (Å²) in [5.41, 5.74) is 1.07. The lowest BCUT2D eigenvalue weighted by molar-refractivity contribution is 0.140. The average molecular weight is 290 g/mol. The lowest BCUT2D eigenvalue weighted by Gasteiger charge is -2.36. The SMILES string of the molecule is OC1CN(c2nc(NCC3CC3)cc([C@@H]3CCOC3)n2)C1. The predicted octanol–water partition coefficient (Wildman–Crippen LogP) is 0.983. The highest BCUT2D eigenvalue weighted by atomic mass is 16.5. The van der Waals surface area contributed by atoms with Crippen molar-refractivity contribution in [3.63, 3.8) is 0 Å². The Morgan fingerprint density at radius 3 is 2.81 bits per heavy atom. The van der Waals surface area contributed by atoms with Gasteiger partial charge in [0.15, 0.2) is 0 Å². The van der Waals surface area contributed by atoms with E-state index in [1.165, 1.54) is 12.8 Å². The van der Waals surface area contributed by atoms with Gasteiger partial charge < -0.3 is 20.1 Å². The number of hydrogen-bond donors (Lipinski definition) is 2. The van der Waals surface area contributed by atoms with Gasteiger partial charge in [0.05, 0.1) is 18.4 Å². The maximum atomic E-state index is 9.48. The molecule has 4 rings (SSSR count). The van der Waals surface area contributed by atoms with E-state index in [4.69, 9.17) is 9.72 Å². The molecule has 1 aromatic rings. The minimum absolute atomic E-state index is 0.241. The molecular weight excluding hydrogens is 268 g/mol. The zero-order valence-corrected chi connectivity index (χ0v) is 12.2. The van der Waals surface area contributed by atoms with Gasteiger partial charge in [-0.15, -0.1) is 0 Å². The maximum absolute atomic E-state index is 9.48. The second-order valence-electron chi connectivity index (χ2n) is 6.42. The summed E-state index contributed by atoms with van der Waals surface area (Å²) in [6.07, 6.45) is 3.44. The van der Waals surface area contributed by atoms with Crippen LogP contribution in [0.3, 0.4) is 0 Å². The van der Waals surface area contributed by atoms with Crippen LogP contribution in [0.5, 0.6) is 0 Å². The number of rotatable bonds is 5. The Hall–Kier alpha value is -1.40. The van der Waals surface area contributed by atoms with E-state index >= 15 is 0 Å². The second kappa shape index (κ2) is 5.42. The van der Waals surface area contributed by atoms with Gasteiger partial charge in [0, 0.05) is 38.2 Å². The van der Waals surface area contributed by atoms with Crippen molar-refractivity contribution in [3.8, 4) is 0 Å². The zero-order chi connectivity index (χ0) is 14.2. The number of aliphatic hydroxyl groups excluding tert-OH is 1. The van der Waals surface area contributed by atoms with E-state index < -0.39 is 0 Å². The third-order valence-electron chi connectivity index (χ3n) is 4.50. The molecule has 2 N–H and O–H groups in total. The molecule has 21 heavy (non-hydrogen) atoms. The van der Waals surface area contributed by atoms with Crippen molar-refractivity contribution in [3.05, 3.63) is 11.8 Å². The van der Waals surface area contributed by atoms with Crippen molar-refractivity contribution in [1.29, 1.82) is 0 Å². The van der Waals surface area contributed by atoms with Crippen LogP contribution in [0.1, 0.15) is 30.9 Å². The summed E-state index contributed by atoms with van der Waals surface area (Å²) in [5, 5.41) is 12.9. The Kier molecular flexibility index (Phi) is 3.43. The van der Waals surface area contributed by atoms with Gasteiger partial charge in [0.2, 0.25) is 5.95 Å². The molecule has 3 heterocycles. The lowest BCUT2D eigenvalue weighted by Crippen LogP contribution is -2.51. The zero-order valence-electron chi connectivity index (χ0n) is 12.2. The molecule has 1 atom stereocenters. The normalized spacial score (nSPS) is 26.0. The highest BCUT2D eigenvalue weighted by Gasteiger charge is 2.29. The smallest absolute Gasteiger partial charge is 0.227 e. The molecule has 3 fully saturated rings. The highest BCUT2D eigenvalue weighted by molar-refractivity contribution is 5.46. The Bertz CT molecular complexity index is 508. The third kappa shape index (κ3) is 2.96. The van der Waals surface area contributed by atoms with Crippen molar-refractivity contribution in [1.82, 2.24) is 9.97 Å². The van der Waals surface area contributed by atoms with Crippen molar-refractivity contribution in [2.24, 2.45) is 5.92 Å². The first-order valence-corrected chi connectivity index (χ1v) is 7.91.